The van der Waals surface area contributed by atoms with E-state index in [0.717, 1.165) is 5.69 Å². The Labute approximate surface area is 150 Å². The van der Waals surface area contributed by atoms with Crippen molar-refractivity contribution in [1.82, 2.24) is 15.2 Å². The third kappa shape index (κ3) is 3.42. The third-order valence-electron chi connectivity index (χ3n) is 4.03. The second-order valence-electron chi connectivity index (χ2n) is 5.59. The molecule has 7 heteroatoms. The molecule has 1 saturated heterocycles. The van der Waals surface area contributed by atoms with Crippen LogP contribution in [0.5, 0.6) is 0 Å². The van der Waals surface area contributed by atoms with E-state index in [1.165, 1.54) is 16.9 Å². The van der Waals surface area contributed by atoms with E-state index in [1.54, 1.807) is 17.5 Å². The van der Waals surface area contributed by atoms with Crippen molar-refractivity contribution in [3.63, 3.8) is 0 Å². The van der Waals surface area contributed by atoms with Gasteiger partial charge in [-0.15, -0.1) is 11.3 Å². The van der Waals surface area contributed by atoms with E-state index in [-0.39, 0.29) is 18.1 Å². The Morgan fingerprint density at radius 3 is 2.88 bits per heavy atom. The quantitative estimate of drug-likeness (QED) is 0.653. The van der Waals surface area contributed by atoms with Crippen molar-refractivity contribution < 1.29 is 9.53 Å². The fraction of sp³-hybridized carbons (Fsp3) is 0.353. The maximum atomic E-state index is 11.6. The van der Waals surface area contributed by atoms with Gasteiger partial charge in [-0.1, -0.05) is 6.07 Å². The molecule has 2 aromatic heterocycles. The standard InChI is InChI=1S/C17H19N3O2S2/c1-11-6-7-13(24-11)16-15(12-5-3-4-9-18-12)19-17(23)20(16)10-8-14(21)22-2/h3-7,9,15-16H,8,10H2,1-2H3,(H,19,23)/t15-,16-/m1/s1. The van der Waals surface area contributed by atoms with Crippen molar-refractivity contribution in [3.8, 4) is 0 Å². The number of esters is 1. The lowest BCUT2D eigenvalue weighted by Gasteiger charge is -2.26. The molecule has 1 aliphatic heterocycles. The Balaban J connectivity index is 1.92. The van der Waals surface area contributed by atoms with Crippen LogP contribution in [-0.4, -0.2) is 34.6 Å². The SMILES string of the molecule is COC(=O)CCN1C(=S)N[C@H](c2ccccn2)[C@H]1c1ccc(C)s1. The van der Waals surface area contributed by atoms with E-state index >= 15 is 0 Å². The molecule has 0 aliphatic carbocycles. The van der Waals surface area contributed by atoms with Crippen LogP contribution in [-0.2, 0) is 9.53 Å². The predicted octanol–water partition coefficient (Wildman–Crippen LogP) is 2.99. The van der Waals surface area contributed by atoms with Gasteiger partial charge < -0.3 is 15.0 Å². The number of rotatable bonds is 5. The highest BCUT2D eigenvalue weighted by atomic mass is 32.1. The molecule has 0 saturated carbocycles. The summed E-state index contributed by atoms with van der Waals surface area (Å²) in [5.74, 6) is -0.236. The number of thiocarbonyl (C=S) groups is 1. The minimum atomic E-state index is -0.236. The summed E-state index contributed by atoms with van der Waals surface area (Å²) >= 11 is 7.27. The van der Waals surface area contributed by atoms with Crippen molar-refractivity contribution in [3.05, 3.63) is 52.0 Å². The molecule has 2 aromatic rings. The fourth-order valence-corrected chi connectivity index (χ4v) is 4.24. The van der Waals surface area contributed by atoms with Gasteiger partial charge in [-0.25, -0.2) is 0 Å². The highest BCUT2D eigenvalue weighted by Crippen LogP contribution is 2.41. The number of nitrogens with one attached hydrogen (secondary N) is 1. The molecule has 0 spiro atoms. The molecule has 0 aromatic carbocycles. The van der Waals surface area contributed by atoms with Crippen LogP contribution in [0.25, 0.3) is 0 Å². The minimum absolute atomic E-state index is 0.0238. The second-order valence-corrected chi connectivity index (χ2v) is 7.30. The normalized spacial score (nSPS) is 20.1. The molecule has 2 atom stereocenters. The fourth-order valence-electron chi connectivity index (χ4n) is 2.88. The first kappa shape index (κ1) is 16.9. The van der Waals surface area contributed by atoms with Crippen molar-refractivity contribution in [2.75, 3.05) is 13.7 Å². The van der Waals surface area contributed by atoms with Crippen LogP contribution < -0.4 is 5.32 Å². The molecule has 0 unspecified atom stereocenters. The molecule has 3 rings (SSSR count). The van der Waals surface area contributed by atoms with Crippen molar-refractivity contribution in [1.29, 1.82) is 0 Å². The third-order valence-corrected chi connectivity index (χ3v) is 5.46. The maximum Gasteiger partial charge on any atom is 0.307 e. The van der Waals surface area contributed by atoms with Gasteiger partial charge in [0.25, 0.3) is 0 Å². The van der Waals surface area contributed by atoms with Gasteiger partial charge in [-0.3, -0.25) is 9.78 Å². The zero-order chi connectivity index (χ0) is 17.1. The largest absolute Gasteiger partial charge is 0.469 e. The molecule has 126 valence electrons. The number of ether oxygens (including phenoxy) is 1. The number of carbonyl (C=O) groups excluding carboxylic acids is 1. The van der Waals surface area contributed by atoms with Crippen LogP contribution in [0.2, 0.25) is 0 Å². The summed E-state index contributed by atoms with van der Waals surface area (Å²) in [6.07, 6.45) is 2.09. The van der Waals surface area contributed by atoms with Gasteiger partial charge in [0.2, 0.25) is 0 Å². The first-order valence-corrected chi connectivity index (χ1v) is 8.94. The van der Waals surface area contributed by atoms with E-state index in [1.807, 2.05) is 18.2 Å². The Morgan fingerprint density at radius 1 is 1.42 bits per heavy atom. The molecule has 1 aliphatic rings. The number of pyridine rings is 1. The second kappa shape index (κ2) is 7.27. The summed E-state index contributed by atoms with van der Waals surface area (Å²) in [7, 11) is 1.40. The van der Waals surface area contributed by atoms with Gasteiger partial charge in [0.05, 0.1) is 31.3 Å². The molecule has 5 nitrogen and oxygen atoms in total. The lowest BCUT2D eigenvalue weighted by Crippen LogP contribution is -2.31. The molecule has 1 fully saturated rings. The van der Waals surface area contributed by atoms with Crippen LogP contribution >= 0.6 is 23.6 Å². The van der Waals surface area contributed by atoms with E-state index < -0.39 is 0 Å². The van der Waals surface area contributed by atoms with Crippen LogP contribution in [0.1, 0.15) is 34.0 Å². The molecular formula is C17H19N3O2S2. The summed E-state index contributed by atoms with van der Waals surface area (Å²) in [6.45, 7) is 2.60. The summed E-state index contributed by atoms with van der Waals surface area (Å²) in [5, 5.41) is 4.01. The number of nitrogens with zero attached hydrogens (tertiary/aromatic N) is 2. The van der Waals surface area contributed by atoms with Gasteiger partial charge in [0.15, 0.2) is 5.11 Å². The predicted molar refractivity (Wildman–Crippen MR) is 97.8 cm³/mol. The lowest BCUT2D eigenvalue weighted by atomic mass is 10.0. The average Bonchev–Trinajstić information content (AvgIpc) is 3.16. The Kier molecular flexibility index (Phi) is 5.11. The maximum absolute atomic E-state index is 11.6. The minimum Gasteiger partial charge on any atom is -0.469 e. The van der Waals surface area contributed by atoms with Crippen molar-refractivity contribution >= 4 is 34.6 Å². The van der Waals surface area contributed by atoms with Gasteiger partial charge in [0.1, 0.15) is 0 Å². The van der Waals surface area contributed by atoms with Gasteiger partial charge >= 0.3 is 5.97 Å². The van der Waals surface area contributed by atoms with E-state index in [0.29, 0.717) is 18.1 Å². The van der Waals surface area contributed by atoms with E-state index in [4.69, 9.17) is 17.0 Å². The van der Waals surface area contributed by atoms with Crippen LogP contribution in [0, 0.1) is 6.92 Å². The number of carbonyl (C=O) groups is 1. The van der Waals surface area contributed by atoms with Crippen molar-refractivity contribution in [2.45, 2.75) is 25.4 Å². The topological polar surface area (TPSA) is 54.5 Å². The van der Waals surface area contributed by atoms with E-state index in [2.05, 4.69) is 34.3 Å². The number of aromatic nitrogens is 1. The van der Waals surface area contributed by atoms with Gasteiger partial charge in [-0.05, 0) is 43.4 Å². The van der Waals surface area contributed by atoms with Crippen molar-refractivity contribution in [2.24, 2.45) is 0 Å². The number of thiophene rings is 1. The number of hydrogen-bond donors (Lipinski definition) is 1. The van der Waals surface area contributed by atoms with Gasteiger partial charge in [0, 0.05) is 22.5 Å². The Bertz CT molecular complexity index is 732. The highest BCUT2D eigenvalue weighted by molar-refractivity contribution is 7.80. The molecule has 0 radical (unpaired) electrons. The molecule has 24 heavy (non-hydrogen) atoms. The number of hydrogen-bond acceptors (Lipinski definition) is 5. The molecule has 3 heterocycles. The molecule has 0 amide bonds. The number of aryl methyl sites for hydroxylation is 1. The number of methoxy groups -OCH3 is 1. The average molecular weight is 361 g/mol. The first-order chi connectivity index (χ1) is 11.6. The van der Waals surface area contributed by atoms with Crippen LogP contribution in [0.4, 0.5) is 0 Å². The van der Waals surface area contributed by atoms with Crippen LogP contribution in [0.15, 0.2) is 36.5 Å². The Morgan fingerprint density at radius 2 is 2.25 bits per heavy atom. The monoisotopic (exact) mass is 361 g/mol. The van der Waals surface area contributed by atoms with Gasteiger partial charge in [-0.2, -0.15) is 0 Å². The Hall–Kier alpha value is -1.99. The van der Waals surface area contributed by atoms with Crippen LogP contribution in [0.3, 0.4) is 0 Å². The summed E-state index contributed by atoms with van der Waals surface area (Å²) in [4.78, 5) is 20.6. The van der Waals surface area contributed by atoms with E-state index in [9.17, 15) is 4.79 Å². The molecular weight excluding hydrogens is 342 g/mol. The zero-order valence-corrected chi connectivity index (χ0v) is 15.2. The lowest BCUT2D eigenvalue weighted by molar-refractivity contribution is -0.140. The summed E-state index contributed by atoms with van der Waals surface area (Å²) in [5.41, 5.74) is 0.941. The zero-order valence-electron chi connectivity index (χ0n) is 13.6. The summed E-state index contributed by atoms with van der Waals surface area (Å²) in [6, 6.07) is 10.1. The smallest absolute Gasteiger partial charge is 0.307 e. The summed E-state index contributed by atoms with van der Waals surface area (Å²) < 4.78 is 4.76. The first-order valence-electron chi connectivity index (χ1n) is 7.71. The molecule has 1 N–H and O–H groups in total. The highest BCUT2D eigenvalue weighted by Gasteiger charge is 2.40. The molecule has 0 bridgehead atoms.